The summed E-state index contributed by atoms with van der Waals surface area (Å²) in [6.45, 7) is 0.393. The highest BCUT2D eigenvalue weighted by atomic mass is 79.9. The van der Waals surface area contributed by atoms with Crippen molar-refractivity contribution in [2.24, 2.45) is 5.16 Å². The van der Waals surface area contributed by atoms with Gasteiger partial charge in [-0.15, -0.1) is 0 Å². The smallest absolute Gasteiger partial charge is 0.202 e. The van der Waals surface area contributed by atoms with E-state index in [1.54, 1.807) is 7.05 Å². The van der Waals surface area contributed by atoms with E-state index in [2.05, 4.69) is 52.7 Å². The zero-order chi connectivity index (χ0) is 20.5. The van der Waals surface area contributed by atoms with Gasteiger partial charge < -0.3 is 21.2 Å². The first kappa shape index (κ1) is 21.4. The fourth-order valence-corrected chi connectivity index (χ4v) is 2.95. The molecule has 7 N–H and O–H groups in total. The minimum atomic E-state index is -0.426. The van der Waals surface area contributed by atoms with Crippen molar-refractivity contribution in [2.45, 2.75) is 5.03 Å². The van der Waals surface area contributed by atoms with Gasteiger partial charge in [0, 0.05) is 25.0 Å². The number of hydrogen-bond acceptors (Lipinski definition) is 8. The Morgan fingerprint density at radius 1 is 1.36 bits per heavy atom. The maximum Gasteiger partial charge on any atom is 0.202 e. The summed E-state index contributed by atoms with van der Waals surface area (Å²) in [4.78, 5) is 0. The Morgan fingerprint density at radius 3 is 2.82 bits per heavy atom. The lowest BCUT2D eigenvalue weighted by molar-refractivity contribution is 0.297. The van der Waals surface area contributed by atoms with E-state index in [1.807, 2.05) is 0 Å². The van der Waals surface area contributed by atoms with Crippen molar-refractivity contribution in [3.63, 3.8) is 0 Å². The Morgan fingerprint density at radius 2 is 2.14 bits per heavy atom. The quantitative estimate of drug-likeness (QED) is 0.0821. The number of amidine groups is 1. The Kier molecular flexibility index (Phi) is 8.01. The lowest BCUT2D eigenvalue weighted by Gasteiger charge is -2.10. The van der Waals surface area contributed by atoms with Crippen LogP contribution >= 0.6 is 27.7 Å². The molecule has 0 radical (unpaired) electrons. The average Bonchev–Trinajstić information content (AvgIpc) is 3.14. The lowest BCUT2D eigenvalue weighted by atomic mass is 10.3. The van der Waals surface area contributed by atoms with Gasteiger partial charge in [-0.2, -0.15) is 0 Å². The van der Waals surface area contributed by atoms with Gasteiger partial charge in [-0.25, -0.2) is 9.02 Å². The second kappa shape index (κ2) is 10.5. The zero-order valence-corrected chi connectivity index (χ0v) is 16.9. The molecule has 0 bridgehead atoms. The number of nitrogens with one attached hydrogen (secondary N) is 6. The van der Waals surface area contributed by atoms with Gasteiger partial charge in [0.25, 0.3) is 0 Å². The summed E-state index contributed by atoms with van der Waals surface area (Å²) >= 11 is 4.34. The number of halogens is 2. The van der Waals surface area contributed by atoms with Crippen LogP contribution in [0.2, 0.25) is 0 Å². The molecule has 1 heterocycles. The van der Waals surface area contributed by atoms with Crippen molar-refractivity contribution < 1.29 is 14.2 Å². The first-order chi connectivity index (χ1) is 13.4. The minimum Gasteiger partial charge on any atom is -0.409 e. The van der Waals surface area contributed by atoms with Crippen LogP contribution in [0.5, 0.6) is 0 Å². The highest BCUT2D eigenvalue weighted by Crippen LogP contribution is 2.23. The van der Waals surface area contributed by atoms with E-state index in [0.717, 1.165) is 0 Å². The predicted molar refractivity (Wildman–Crippen MR) is 107 cm³/mol. The van der Waals surface area contributed by atoms with E-state index in [0.29, 0.717) is 23.0 Å². The van der Waals surface area contributed by atoms with Gasteiger partial charge in [0.15, 0.2) is 22.6 Å². The predicted octanol–water partition coefficient (Wildman–Crippen LogP) is 1.58. The van der Waals surface area contributed by atoms with Crippen LogP contribution in [-0.2, 0) is 0 Å². The normalized spacial score (nSPS) is 11.0. The lowest BCUT2D eigenvalue weighted by Crippen LogP contribution is -2.45. The van der Waals surface area contributed by atoms with Crippen molar-refractivity contribution >= 4 is 51.1 Å². The molecule has 0 aliphatic heterocycles. The van der Waals surface area contributed by atoms with Crippen LogP contribution in [0.4, 0.5) is 10.1 Å². The van der Waals surface area contributed by atoms with Gasteiger partial charge in [-0.05, 0) is 44.4 Å². The Labute approximate surface area is 171 Å². The largest absolute Gasteiger partial charge is 0.409 e. The standard InChI is InChI=1S/C14H17BrFN9O2S/c1-19-13(17)22-14(18)20-4-5-28-12-10(24-27-25-12)11(23-26)21-7-2-3-9(16)8(15)6-7/h2-3,6,26H,4-5H2,1H3,(H,21,23)(H5,17,18,19,20,22). The van der Waals surface area contributed by atoms with E-state index in [4.69, 9.17) is 15.4 Å². The molecule has 2 aromatic rings. The number of hydrogen-bond donors (Lipinski definition) is 7. The van der Waals surface area contributed by atoms with Crippen LogP contribution in [0.25, 0.3) is 0 Å². The Bertz CT molecular complexity index is 876. The molecule has 0 saturated carbocycles. The van der Waals surface area contributed by atoms with Crippen LogP contribution in [0.1, 0.15) is 5.69 Å². The van der Waals surface area contributed by atoms with Gasteiger partial charge in [0.05, 0.1) is 4.47 Å². The third kappa shape index (κ3) is 6.09. The van der Waals surface area contributed by atoms with Gasteiger partial charge in [0.2, 0.25) is 5.84 Å². The number of rotatable bonds is 6. The summed E-state index contributed by atoms with van der Waals surface area (Å²) in [6.07, 6.45) is 0. The molecule has 0 aliphatic carbocycles. The average molecular weight is 474 g/mol. The number of oxime groups is 1. The molecule has 0 atom stereocenters. The van der Waals surface area contributed by atoms with Crippen LogP contribution in [0.3, 0.4) is 0 Å². The van der Waals surface area contributed by atoms with Crippen molar-refractivity contribution in [3.8, 4) is 0 Å². The number of aromatic nitrogens is 2. The maximum atomic E-state index is 13.3. The molecule has 0 aliphatic rings. The zero-order valence-electron chi connectivity index (χ0n) is 14.5. The number of nitrogens with zero attached hydrogens (tertiary/aromatic N) is 3. The van der Waals surface area contributed by atoms with Crippen molar-refractivity contribution in [3.05, 3.63) is 34.2 Å². The molecule has 0 fully saturated rings. The van der Waals surface area contributed by atoms with Gasteiger partial charge >= 0.3 is 0 Å². The van der Waals surface area contributed by atoms with Crippen LogP contribution in [0.15, 0.2) is 37.5 Å². The third-order valence-corrected chi connectivity index (χ3v) is 4.66. The Hall–Kier alpha value is -2.87. The summed E-state index contributed by atoms with van der Waals surface area (Å²) in [5.74, 6) is 0.00541. The number of benzene rings is 1. The molecule has 28 heavy (non-hydrogen) atoms. The first-order valence-electron chi connectivity index (χ1n) is 7.70. The summed E-state index contributed by atoms with van der Waals surface area (Å²) in [5.41, 5.74) is 0.645. The molecule has 1 aromatic heterocycles. The summed E-state index contributed by atoms with van der Waals surface area (Å²) in [7, 11) is 1.57. The summed E-state index contributed by atoms with van der Waals surface area (Å²) < 4.78 is 18.3. The topological polar surface area (TPSA) is 167 Å². The number of anilines is 1. The molecular weight excluding hydrogens is 457 g/mol. The molecular formula is C14H17BrFN9O2S. The minimum absolute atomic E-state index is 0.00422. The van der Waals surface area contributed by atoms with Crippen molar-refractivity contribution in [1.82, 2.24) is 26.3 Å². The molecule has 1 aromatic carbocycles. The number of guanidine groups is 2. The third-order valence-electron chi connectivity index (χ3n) is 3.11. The summed E-state index contributed by atoms with van der Waals surface area (Å²) in [5, 5.41) is 46.0. The molecule has 2 rings (SSSR count). The van der Waals surface area contributed by atoms with Gasteiger partial charge in [0.1, 0.15) is 5.82 Å². The molecule has 150 valence electrons. The van der Waals surface area contributed by atoms with Crippen LogP contribution < -0.4 is 21.3 Å². The highest BCUT2D eigenvalue weighted by Gasteiger charge is 2.18. The first-order valence-corrected chi connectivity index (χ1v) is 9.48. The van der Waals surface area contributed by atoms with Crippen LogP contribution in [0, 0.1) is 16.6 Å². The number of thioether (sulfide) groups is 1. The van der Waals surface area contributed by atoms with Crippen molar-refractivity contribution in [1.29, 1.82) is 10.8 Å². The van der Waals surface area contributed by atoms with E-state index < -0.39 is 5.82 Å². The van der Waals surface area contributed by atoms with E-state index in [9.17, 15) is 9.60 Å². The summed E-state index contributed by atoms with van der Waals surface area (Å²) in [6, 6.07) is 4.20. The van der Waals surface area contributed by atoms with Crippen LogP contribution in [-0.4, -0.2) is 52.6 Å². The second-order valence-corrected chi connectivity index (χ2v) is 6.96. The molecule has 11 nitrogen and oxygen atoms in total. The monoisotopic (exact) mass is 473 g/mol. The van der Waals surface area contributed by atoms with E-state index in [1.165, 1.54) is 30.0 Å². The molecule has 14 heteroatoms. The van der Waals surface area contributed by atoms with E-state index in [-0.39, 0.29) is 27.9 Å². The highest BCUT2D eigenvalue weighted by molar-refractivity contribution is 9.10. The molecule has 0 amide bonds. The Balaban J connectivity index is 1.93. The maximum absolute atomic E-state index is 13.3. The second-order valence-electron chi connectivity index (χ2n) is 5.02. The molecule has 0 spiro atoms. The van der Waals surface area contributed by atoms with Crippen molar-refractivity contribution in [2.75, 3.05) is 24.7 Å². The SMILES string of the molecule is CNC(=N)NC(=N)NCCSc1nonc1/C(=N/O)Nc1ccc(F)c(Br)c1. The molecule has 0 saturated heterocycles. The fraction of sp³-hybridized carbons (Fsp3) is 0.214. The fourth-order valence-electron chi connectivity index (χ4n) is 1.82. The van der Waals surface area contributed by atoms with Gasteiger partial charge in [-0.1, -0.05) is 16.9 Å². The van der Waals surface area contributed by atoms with E-state index >= 15 is 0 Å². The molecule has 0 unspecified atom stereocenters. The van der Waals surface area contributed by atoms with Gasteiger partial charge in [-0.3, -0.25) is 16.1 Å².